The molecule has 0 N–H and O–H groups in total. The first-order chi connectivity index (χ1) is 14.2. The van der Waals surface area contributed by atoms with E-state index in [0.717, 1.165) is 30.9 Å². The Morgan fingerprint density at radius 1 is 0.733 bits per heavy atom. The molecule has 6 heteroatoms. The Balaban J connectivity index is 1.88. The Bertz CT molecular complexity index is 1020. The molecule has 0 bridgehead atoms. The average molecular weight is 424 g/mol. The van der Waals surface area contributed by atoms with Crippen molar-refractivity contribution in [1.29, 1.82) is 0 Å². The summed E-state index contributed by atoms with van der Waals surface area (Å²) in [4.78, 5) is 0. The van der Waals surface area contributed by atoms with Crippen molar-refractivity contribution < 1.29 is 26.3 Å². The molecule has 3 aromatic carbocycles. The highest BCUT2D eigenvalue weighted by atomic mass is 19.4. The molecule has 0 amide bonds. The van der Waals surface area contributed by atoms with Crippen LogP contribution in [0.3, 0.4) is 0 Å². The van der Waals surface area contributed by atoms with Crippen LogP contribution in [-0.4, -0.2) is 0 Å². The Morgan fingerprint density at radius 3 is 2.03 bits per heavy atom. The Morgan fingerprint density at radius 2 is 1.40 bits per heavy atom. The van der Waals surface area contributed by atoms with E-state index in [1.54, 1.807) is 12.1 Å². The third kappa shape index (κ3) is 4.79. The maximum Gasteiger partial charge on any atom is 0.422 e. The van der Waals surface area contributed by atoms with Crippen LogP contribution in [0.5, 0.6) is 0 Å². The minimum Gasteiger partial charge on any atom is -0.206 e. The number of fused-ring (bicyclic) bond motifs is 1. The lowest BCUT2D eigenvalue weighted by molar-refractivity contribution is -0.142. The van der Waals surface area contributed by atoms with Crippen molar-refractivity contribution in [3.8, 4) is 11.1 Å². The second-order valence-corrected chi connectivity index (χ2v) is 7.46. The third-order valence-corrected chi connectivity index (χ3v) is 5.22. The molecule has 0 aliphatic carbocycles. The van der Waals surface area contributed by atoms with Crippen LogP contribution in [0.2, 0.25) is 0 Å². The van der Waals surface area contributed by atoms with Crippen molar-refractivity contribution >= 4 is 10.8 Å². The van der Waals surface area contributed by atoms with Crippen LogP contribution in [0.4, 0.5) is 26.3 Å². The summed E-state index contributed by atoms with van der Waals surface area (Å²) in [7, 11) is 0. The highest BCUT2D eigenvalue weighted by Gasteiger charge is 2.39. The largest absolute Gasteiger partial charge is 0.422 e. The lowest BCUT2D eigenvalue weighted by Gasteiger charge is -2.13. The molecule has 3 rings (SSSR count). The van der Waals surface area contributed by atoms with Crippen LogP contribution >= 0.6 is 0 Å². The van der Waals surface area contributed by atoms with Gasteiger partial charge in [0.25, 0.3) is 0 Å². The quantitative estimate of drug-likeness (QED) is 0.264. The molecule has 0 saturated carbocycles. The second-order valence-electron chi connectivity index (χ2n) is 7.46. The number of alkyl halides is 3. The maximum atomic E-state index is 14.5. The number of benzene rings is 3. The van der Waals surface area contributed by atoms with Crippen LogP contribution in [0.25, 0.3) is 21.9 Å². The zero-order chi connectivity index (χ0) is 21.9. The topological polar surface area (TPSA) is 0 Å². The molecule has 0 aliphatic heterocycles. The molecule has 3 aromatic rings. The SMILES string of the molecule is CCCCCCCc1ccc(-c2cc(F)c3c(F)c(C(F)(F)F)c(F)cc3c2)cc1. The average Bonchev–Trinajstić information content (AvgIpc) is 2.66. The number of halogens is 6. The zero-order valence-electron chi connectivity index (χ0n) is 16.6. The van der Waals surface area contributed by atoms with Crippen LogP contribution in [0.15, 0.2) is 42.5 Å². The minimum atomic E-state index is -5.25. The summed E-state index contributed by atoms with van der Waals surface area (Å²) in [5, 5.41) is -1.12. The molecule has 0 heterocycles. The summed E-state index contributed by atoms with van der Waals surface area (Å²) in [6.45, 7) is 2.16. The van der Waals surface area contributed by atoms with E-state index in [9.17, 15) is 26.3 Å². The van der Waals surface area contributed by atoms with Gasteiger partial charge in [-0.3, -0.25) is 0 Å². The van der Waals surface area contributed by atoms with E-state index in [2.05, 4.69) is 6.92 Å². The van der Waals surface area contributed by atoms with Gasteiger partial charge in [0, 0.05) is 0 Å². The van der Waals surface area contributed by atoms with Gasteiger partial charge in [-0.1, -0.05) is 56.9 Å². The summed E-state index contributed by atoms with van der Waals surface area (Å²) in [6, 6.07) is 10.2. The molecule has 0 unspecified atom stereocenters. The predicted molar refractivity (Wildman–Crippen MR) is 107 cm³/mol. The van der Waals surface area contributed by atoms with Gasteiger partial charge < -0.3 is 0 Å². The van der Waals surface area contributed by atoms with Gasteiger partial charge in [-0.25, -0.2) is 13.2 Å². The molecule has 0 atom stereocenters. The second kappa shape index (κ2) is 9.11. The van der Waals surface area contributed by atoms with Gasteiger partial charge in [0.05, 0.1) is 5.39 Å². The molecule has 0 fully saturated rings. The molecule has 30 heavy (non-hydrogen) atoms. The van der Waals surface area contributed by atoms with Gasteiger partial charge in [0.15, 0.2) is 0 Å². The number of hydrogen-bond donors (Lipinski definition) is 0. The van der Waals surface area contributed by atoms with E-state index in [1.165, 1.54) is 25.3 Å². The predicted octanol–water partition coefficient (Wildman–Crippen LogP) is 8.46. The van der Waals surface area contributed by atoms with E-state index in [4.69, 9.17) is 0 Å². The highest BCUT2D eigenvalue weighted by molar-refractivity contribution is 5.89. The van der Waals surface area contributed by atoms with Crippen LogP contribution in [0.1, 0.15) is 50.2 Å². The summed E-state index contributed by atoms with van der Waals surface area (Å²) >= 11 is 0. The third-order valence-electron chi connectivity index (χ3n) is 5.22. The first kappa shape index (κ1) is 22.2. The maximum absolute atomic E-state index is 14.5. The van der Waals surface area contributed by atoms with Gasteiger partial charge in [0.1, 0.15) is 23.0 Å². The van der Waals surface area contributed by atoms with Crippen molar-refractivity contribution in [1.82, 2.24) is 0 Å². The fourth-order valence-electron chi connectivity index (χ4n) is 3.63. The van der Waals surface area contributed by atoms with Gasteiger partial charge in [-0.15, -0.1) is 0 Å². The van der Waals surface area contributed by atoms with Crippen LogP contribution < -0.4 is 0 Å². The Labute approximate surface area is 171 Å². The first-order valence-electron chi connectivity index (χ1n) is 10.00. The Kier molecular flexibility index (Phi) is 6.74. The van der Waals surface area contributed by atoms with Crippen LogP contribution in [-0.2, 0) is 12.6 Å². The molecule has 0 spiro atoms. The monoisotopic (exact) mass is 424 g/mol. The minimum absolute atomic E-state index is 0.256. The number of unbranched alkanes of at least 4 members (excludes halogenated alkanes) is 4. The molecular formula is C24H22F6. The fraction of sp³-hybridized carbons (Fsp3) is 0.333. The number of aryl methyl sites for hydroxylation is 1. The van der Waals surface area contributed by atoms with Crippen molar-refractivity contribution in [2.45, 2.75) is 51.6 Å². The van der Waals surface area contributed by atoms with Crippen LogP contribution in [0, 0.1) is 17.5 Å². The van der Waals surface area contributed by atoms with E-state index in [1.807, 2.05) is 12.1 Å². The standard InChI is InChI=1S/C24H22F6/c1-2-3-4-5-6-7-15-8-10-16(11-9-15)17-12-18-14-20(26)22(24(28,29)30)23(27)21(18)19(25)13-17/h8-14H,2-7H2,1H3. The number of hydrogen-bond acceptors (Lipinski definition) is 0. The summed E-state index contributed by atoms with van der Waals surface area (Å²) in [5.41, 5.74) is 0.00709. The lowest BCUT2D eigenvalue weighted by atomic mass is 9.97. The zero-order valence-corrected chi connectivity index (χ0v) is 16.6. The van der Waals surface area contributed by atoms with E-state index in [0.29, 0.717) is 17.2 Å². The molecule has 0 radical (unpaired) electrons. The van der Waals surface area contributed by atoms with Crippen molar-refractivity contribution in [2.75, 3.05) is 0 Å². The van der Waals surface area contributed by atoms with Crippen molar-refractivity contribution in [3.63, 3.8) is 0 Å². The van der Waals surface area contributed by atoms with Gasteiger partial charge in [0.2, 0.25) is 0 Å². The van der Waals surface area contributed by atoms with Gasteiger partial charge >= 0.3 is 6.18 Å². The summed E-state index contributed by atoms with van der Waals surface area (Å²) < 4.78 is 81.4. The molecule has 160 valence electrons. The van der Waals surface area contributed by atoms with Crippen molar-refractivity contribution in [3.05, 3.63) is 71.0 Å². The molecule has 0 nitrogen and oxygen atoms in total. The Hall–Kier alpha value is -2.50. The molecule has 0 aromatic heterocycles. The van der Waals surface area contributed by atoms with Gasteiger partial charge in [-0.2, -0.15) is 13.2 Å². The summed E-state index contributed by atoms with van der Waals surface area (Å²) in [6.07, 6.45) is 1.51. The number of rotatable bonds is 7. The van der Waals surface area contributed by atoms with Crippen molar-refractivity contribution in [2.24, 2.45) is 0 Å². The smallest absolute Gasteiger partial charge is 0.206 e. The normalized spacial score (nSPS) is 12.0. The molecular weight excluding hydrogens is 402 g/mol. The lowest BCUT2D eigenvalue weighted by Crippen LogP contribution is -2.12. The summed E-state index contributed by atoms with van der Waals surface area (Å²) in [5.74, 6) is -4.85. The van der Waals surface area contributed by atoms with E-state index < -0.39 is 34.6 Å². The molecule has 0 aliphatic rings. The van der Waals surface area contributed by atoms with E-state index >= 15 is 0 Å². The first-order valence-corrected chi connectivity index (χ1v) is 10.00. The fourth-order valence-corrected chi connectivity index (χ4v) is 3.63. The molecule has 0 saturated heterocycles. The van der Waals surface area contributed by atoms with Gasteiger partial charge in [-0.05, 0) is 53.1 Å². The highest BCUT2D eigenvalue weighted by Crippen LogP contribution is 2.38. The van der Waals surface area contributed by atoms with E-state index in [-0.39, 0.29) is 5.39 Å².